The summed E-state index contributed by atoms with van der Waals surface area (Å²) in [6.07, 6.45) is 2.66. The SMILES string of the molecule is Cc1cc(C(=O)O)ccc1NCC1CCC(O)C1. The average Bonchev–Trinajstić information content (AvgIpc) is 2.73. The van der Waals surface area contributed by atoms with Crippen LogP contribution >= 0.6 is 0 Å². The minimum absolute atomic E-state index is 0.146. The summed E-state index contributed by atoms with van der Waals surface area (Å²) >= 11 is 0. The van der Waals surface area contributed by atoms with Gasteiger partial charge in [0, 0.05) is 12.2 Å². The third kappa shape index (κ3) is 3.01. The summed E-state index contributed by atoms with van der Waals surface area (Å²) in [5, 5.41) is 21.7. The first kappa shape index (κ1) is 12.9. The molecule has 18 heavy (non-hydrogen) atoms. The van der Waals surface area contributed by atoms with Gasteiger partial charge in [0.1, 0.15) is 0 Å². The molecule has 4 heteroatoms. The number of hydrogen-bond donors (Lipinski definition) is 3. The first-order valence-corrected chi connectivity index (χ1v) is 6.32. The van der Waals surface area contributed by atoms with Crippen LogP contribution in [0.2, 0.25) is 0 Å². The molecule has 3 N–H and O–H groups in total. The highest BCUT2D eigenvalue weighted by Crippen LogP contribution is 2.26. The molecule has 2 unspecified atom stereocenters. The van der Waals surface area contributed by atoms with Gasteiger partial charge < -0.3 is 15.5 Å². The minimum atomic E-state index is -0.899. The second-order valence-corrected chi connectivity index (χ2v) is 5.05. The largest absolute Gasteiger partial charge is 0.478 e. The molecule has 0 bridgehead atoms. The maximum Gasteiger partial charge on any atom is 0.335 e. The zero-order chi connectivity index (χ0) is 13.1. The first-order chi connectivity index (χ1) is 8.56. The second-order valence-electron chi connectivity index (χ2n) is 5.05. The molecule has 0 aliphatic heterocycles. The van der Waals surface area contributed by atoms with Crippen molar-refractivity contribution in [3.63, 3.8) is 0 Å². The second kappa shape index (κ2) is 5.40. The van der Waals surface area contributed by atoms with Crippen molar-refractivity contribution in [2.45, 2.75) is 32.3 Å². The van der Waals surface area contributed by atoms with E-state index in [4.69, 9.17) is 5.11 Å². The standard InChI is InChI=1S/C14H19NO3/c1-9-6-11(14(17)18)3-5-13(9)15-8-10-2-4-12(16)7-10/h3,5-6,10,12,15-16H,2,4,7-8H2,1H3,(H,17,18). The summed E-state index contributed by atoms with van der Waals surface area (Å²) in [5.41, 5.74) is 2.23. The lowest BCUT2D eigenvalue weighted by molar-refractivity contribution is 0.0697. The molecule has 2 rings (SSSR count). The van der Waals surface area contributed by atoms with Gasteiger partial charge >= 0.3 is 5.97 Å². The number of aliphatic hydroxyl groups is 1. The van der Waals surface area contributed by atoms with Gasteiger partial charge in [-0.3, -0.25) is 0 Å². The molecule has 1 aliphatic carbocycles. The van der Waals surface area contributed by atoms with Gasteiger partial charge in [-0.1, -0.05) is 0 Å². The molecular weight excluding hydrogens is 230 g/mol. The number of carbonyl (C=O) groups is 1. The third-order valence-electron chi connectivity index (χ3n) is 3.57. The Morgan fingerprint density at radius 2 is 2.22 bits per heavy atom. The van der Waals surface area contributed by atoms with E-state index in [0.717, 1.165) is 37.1 Å². The van der Waals surface area contributed by atoms with Crippen molar-refractivity contribution in [1.29, 1.82) is 0 Å². The van der Waals surface area contributed by atoms with Crippen molar-refractivity contribution in [3.8, 4) is 0 Å². The normalized spacial score (nSPS) is 23.0. The lowest BCUT2D eigenvalue weighted by atomic mass is 10.1. The van der Waals surface area contributed by atoms with Gasteiger partial charge in [-0.25, -0.2) is 4.79 Å². The lowest BCUT2D eigenvalue weighted by Crippen LogP contribution is -2.13. The van der Waals surface area contributed by atoms with Crippen molar-refractivity contribution in [2.24, 2.45) is 5.92 Å². The van der Waals surface area contributed by atoms with Crippen LogP contribution in [0.3, 0.4) is 0 Å². The van der Waals surface area contributed by atoms with Crippen LogP contribution in [0.5, 0.6) is 0 Å². The molecule has 1 fully saturated rings. The summed E-state index contributed by atoms with van der Waals surface area (Å²) in [7, 11) is 0. The molecule has 0 spiro atoms. The summed E-state index contributed by atoms with van der Waals surface area (Å²) in [6, 6.07) is 5.10. The van der Waals surface area contributed by atoms with Gasteiger partial charge in [0.2, 0.25) is 0 Å². The van der Waals surface area contributed by atoms with E-state index in [1.54, 1.807) is 12.1 Å². The fourth-order valence-corrected chi connectivity index (χ4v) is 2.48. The topological polar surface area (TPSA) is 69.6 Å². The van der Waals surface area contributed by atoms with E-state index in [1.165, 1.54) is 0 Å². The van der Waals surface area contributed by atoms with Gasteiger partial charge in [-0.05, 0) is 55.9 Å². The molecule has 1 saturated carbocycles. The highest BCUT2D eigenvalue weighted by molar-refractivity contribution is 5.88. The number of rotatable bonds is 4. The maximum absolute atomic E-state index is 10.8. The Labute approximate surface area is 107 Å². The Kier molecular flexibility index (Phi) is 3.87. The summed E-state index contributed by atoms with van der Waals surface area (Å²) in [5.74, 6) is -0.387. The van der Waals surface area contributed by atoms with Gasteiger partial charge in [0.05, 0.1) is 11.7 Å². The molecule has 98 valence electrons. The molecule has 1 aliphatic rings. The van der Waals surface area contributed by atoms with Crippen LogP contribution in [0.25, 0.3) is 0 Å². The van der Waals surface area contributed by atoms with Crippen LogP contribution in [0.1, 0.15) is 35.2 Å². The van der Waals surface area contributed by atoms with Gasteiger partial charge in [-0.2, -0.15) is 0 Å². The van der Waals surface area contributed by atoms with Crippen LogP contribution in [-0.4, -0.2) is 28.8 Å². The van der Waals surface area contributed by atoms with Crippen molar-refractivity contribution in [2.75, 3.05) is 11.9 Å². The number of aliphatic hydroxyl groups excluding tert-OH is 1. The zero-order valence-electron chi connectivity index (χ0n) is 10.5. The highest BCUT2D eigenvalue weighted by atomic mass is 16.4. The average molecular weight is 249 g/mol. The number of anilines is 1. The fourth-order valence-electron chi connectivity index (χ4n) is 2.48. The van der Waals surface area contributed by atoms with Crippen molar-refractivity contribution in [1.82, 2.24) is 0 Å². The van der Waals surface area contributed by atoms with E-state index in [1.807, 2.05) is 13.0 Å². The van der Waals surface area contributed by atoms with E-state index >= 15 is 0 Å². The number of carboxylic acid groups (broad SMARTS) is 1. The van der Waals surface area contributed by atoms with E-state index in [0.29, 0.717) is 11.5 Å². The van der Waals surface area contributed by atoms with Gasteiger partial charge in [0.25, 0.3) is 0 Å². The summed E-state index contributed by atoms with van der Waals surface area (Å²) in [6.45, 7) is 2.74. The van der Waals surface area contributed by atoms with Gasteiger partial charge in [-0.15, -0.1) is 0 Å². The predicted octanol–water partition coefficient (Wildman–Crippen LogP) is 2.27. The van der Waals surface area contributed by atoms with Crippen molar-refractivity contribution >= 4 is 11.7 Å². The van der Waals surface area contributed by atoms with Crippen LogP contribution < -0.4 is 5.32 Å². The molecular formula is C14H19NO3. The van der Waals surface area contributed by atoms with Crippen molar-refractivity contribution < 1.29 is 15.0 Å². The molecule has 0 aromatic heterocycles. The molecule has 1 aromatic rings. The Morgan fingerprint density at radius 1 is 1.44 bits per heavy atom. The molecule has 0 heterocycles. The molecule has 0 radical (unpaired) electrons. The Balaban J connectivity index is 1.95. The molecule has 1 aromatic carbocycles. The van der Waals surface area contributed by atoms with Crippen LogP contribution in [0.4, 0.5) is 5.69 Å². The Bertz CT molecular complexity index is 445. The summed E-state index contributed by atoms with van der Waals surface area (Å²) < 4.78 is 0. The Hall–Kier alpha value is -1.55. The summed E-state index contributed by atoms with van der Waals surface area (Å²) in [4.78, 5) is 10.8. The van der Waals surface area contributed by atoms with Gasteiger partial charge in [0.15, 0.2) is 0 Å². The van der Waals surface area contributed by atoms with Crippen molar-refractivity contribution in [3.05, 3.63) is 29.3 Å². The third-order valence-corrected chi connectivity index (χ3v) is 3.57. The van der Waals surface area contributed by atoms with E-state index < -0.39 is 5.97 Å². The number of aryl methyl sites for hydroxylation is 1. The number of aromatic carboxylic acids is 1. The van der Waals surface area contributed by atoms with Crippen LogP contribution in [0, 0.1) is 12.8 Å². The fraction of sp³-hybridized carbons (Fsp3) is 0.500. The Morgan fingerprint density at radius 3 is 2.78 bits per heavy atom. The molecule has 4 nitrogen and oxygen atoms in total. The minimum Gasteiger partial charge on any atom is -0.478 e. The number of benzene rings is 1. The number of nitrogens with one attached hydrogen (secondary N) is 1. The molecule has 2 atom stereocenters. The van der Waals surface area contributed by atoms with E-state index in [-0.39, 0.29) is 6.10 Å². The highest BCUT2D eigenvalue weighted by Gasteiger charge is 2.22. The monoisotopic (exact) mass is 249 g/mol. The first-order valence-electron chi connectivity index (χ1n) is 6.32. The molecule has 0 saturated heterocycles. The van der Waals surface area contributed by atoms with Crippen LogP contribution in [-0.2, 0) is 0 Å². The van der Waals surface area contributed by atoms with E-state index in [9.17, 15) is 9.90 Å². The maximum atomic E-state index is 10.8. The molecule has 0 amide bonds. The van der Waals surface area contributed by atoms with Crippen LogP contribution in [0.15, 0.2) is 18.2 Å². The zero-order valence-corrected chi connectivity index (χ0v) is 10.5. The lowest BCUT2D eigenvalue weighted by Gasteiger charge is -2.14. The predicted molar refractivity (Wildman–Crippen MR) is 70.0 cm³/mol. The smallest absolute Gasteiger partial charge is 0.335 e. The number of carboxylic acids is 1. The number of hydrogen-bond acceptors (Lipinski definition) is 3. The van der Waals surface area contributed by atoms with E-state index in [2.05, 4.69) is 5.32 Å². The quantitative estimate of drug-likeness (QED) is 0.765.